The molecular weight excluding hydrogens is 338 g/mol. The van der Waals surface area contributed by atoms with Crippen LogP contribution in [0.1, 0.15) is 5.56 Å². The Balaban J connectivity index is 2.52. The highest BCUT2D eigenvalue weighted by molar-refractivity contribution is 9.10. The smallest absolute Gasteiger partial charge is 0.316 e. The number of nitrogen functional groups attached to an aromatic ring is 1. The highest BCUT2D eigenvalue weighted by atomic mass is 79.9. The van der Waals surface area contributed by atoms with Gasteiger partial charge in [0.1, 0.15) is 17.4 Å². The maximum Gasteiger partial charge on any atom is 0.316 e. The molecular formula is C13H10BrN5O2. The van der Waals surface area contributed by atoms with Crippen molar-refractivity contribution >= 4 is 38.7 Å². The number of para-hydroxylation sites is 1. The van der Waals surface area contributed by atoms with Crippen LogP contribution in [0.15, 0.2) is 40.9 Å². The number of nitro groups is 1. The molecule has 0 aliphatic heterocycles. The fourth-order valence-corrected chi connectivity index (χ4v) is 2.18. The van der Waals surface area contributed by atoms with Crippen LogP contribution in [-0.2, 0) is 0 Å². The van der Waals surface area contributed by atoms with Gasteiger partial charge in [-0.1, -0.05) is 22.0 Å². The van der Waals surface area contributed by atoms with Crippen LogP contribution in [-0.4, -0.2) is 4.92 Å². The molecule has 2 aromatic carbocycles. The lowest BCUT2D eigenvalue weighted by atomic mass is 10.1. The van der Waals surface area contributed by atoms with Crippen LogP contribution >= 0.6 is 15.9 Å². The van der Waals surface area contributed by atoms with E-state index in [2.05, 4.69) is 26.7 Å². The zero-order valence-corrected chi connectivity index (χ0v) is 12.2. The second kappa shape index (κ2) is 6.21. The standard InChI is InChI=1S/C13H10BrN5O2/c14-9-5-4-8(7-15)12(6-9)17-10-2-1-3-11(18-16)13(10)19(20)21/h1-6,17-18H,16H2. The minimum Gasteiger partial charge on any atom is -0.349 e. The summed E-state index contributed by atoms with van der Waals surface area (Å²) >= 11 is 3.30. The molecule has 21 heavy (non-hydrogen) atoms. The number of nitrogens with two attached hydrogens (primary N) is 1. The quantitative estimate of drug-likeness (QED) is 0.444. The van der Waals surface area contributed by atoms with E-state index in [9.17, 15) is 10.1 Å². The molecule has 7 nitrogen and oxygen atoms in total. The summed E-state index contributed by atoms with van der Waals surface area (Å²) in [5, 5.41) is 23.2. The first kappa shape index (κ1) is 14.8. The average Bonchev–Trinajstić information content (AvgIpc) is 2.47. The van der Waals surface area contributed by atoms with E-state index in [0.29, 0.717) is 11.3 Å². The van der Waals surface area contributed by atoms with Gasteiger partial charge in [-0.3, -0.25) is 16.0 Å². The summed E-state index contributed by atoms with van der Waals surface area (Å²) in [5.41, 5.74) is 3.35. The Kier molecular flexibility index (Phi) is 4.37. The van der Waals surface area contributed by atoms with Crippen molar-refractivity contribution in [3.8, 4) is 6.07 Å². The van der Waals surface area contributed by atoms with Crippen molar-refractivity contribution in [1.82, 2.24) is 0 Å². The van der Waals surface area contributed by atoms with E-state index >= 15 is 0 Å². The zero-order valence-electron chi connectivity index (χ0n) is 10.6. The highest BCUT2D eigenvalue weighted by Gasteiger charge is 2.20. The van der Waals surface area contributed by atoms with Gasteiger partial charge in [0.15, 0.2) is 0 Å². The summed E-state index contributed by atoms with van der Waals surface area (Å²) in [5.74, 6) is 5.29. The predicted octanol–water partition coefficient (Wildman–Crippen LogP) is 3.26. The van der Waals surface area contributed by atoms with Crippen molar-refractivity contribution in [2.45, 2.75) is 0 Å². The topological polar surface area (TPSA) is 117 Å². The first-order valence-electron chi connectivity index (χ1n) is 5.77. The van der Waals surface area contributed by atoms with Gasteiger partial charge in [-0.05, 0) is 30.3 Å². The van der Waals surface area contributed by atoms with Gasteiger partial charge in [0.2, 0.25) is 0 Å². The fourth-order valence-electron chi connectivity index (χ4n) is 1.82. The van der Waals surface area contributed by atoms with Gasteiger partial charge in [0.25, 0.3) is 0 Å². The Morgan fingerprint density at radius 1 is 1.24 bits per heavy atom. The van der Waals surface area contributed by atoms with Crippen molar-refractivity contribution in [1.29, 1.82) is 5.26 Å². The predicted molar refractivity (Wildman–Crippen MR) is 83.0 cm³/mol. The first-order valence-corrected chi connectivity index (χ1v) is 6.57. The third-order valence-corrected chi connectivity index (χ3v) is 3.24. The molecule has 2 aromatic rings. The molecule has 2 rings (SSSR count). The molecule has 0 fully saturated rings. The number of nitrogens with zero attached hydrogens (tertiary/aromatic N) is 2. The summed E-state index contributed by atoms with van der Waals surface area (Å²) in [4.78, 5) is 10.7. The number of nitriles is 1. The van der Waals surface area contributed by atoms with Crippen molar-refractivity contribution < 1.29 is 4.92 Å². The molecule has 0 unspecified atom stereocenters. The van der Waals surface area contributed by atoms with E-state index in [1.165, 1.54) is 6.07 Å². The van der Waals surface area contributed by atoms with Gasteiger partial charge in [0, 0.05) is 4.47 Å². The zero-order chi connectivity index (χ0) is 15.4. The summed E-state index contributed by atoms with van der Waals surface area (Å²) in [7, 11) is 0. The van der Waals surface area contributed by atoms with Crippen molar-refractivity contribution in [3.63, 3.8) is 0 Å². The average molecular weight is 348 g/mol. The molecule has 0 amide bonds. The number of hydrazine groups is 1. The largest absolute Gasteiger partial charge is 0.349 e. The minimum atomic E-state index is -0.540. The van der Waals surface area contributed by atoms with Gasteiger partial charge in [0.05, 0.1) is 16.2 Å². The molecule has 0 saturated heterocycles. The lowest BCUT2D eigenvalue weighted by Crippen LogP contribution is -2.10. The van der Waals surface area contributed by atoms with Crippen LogP contribution in [0.25, 0.3) is 0 Å². The molecule has 0 heterocycles. The van der Waals surface area contributed by atoms with E-state index in [4.69, 9.17) is 11.1 Å². The summed E-state index contributed by atoms with van der Waals surface area (Å²) < 4.78 is 0.750. The second-order valence-corrected chi connectivity index (χ2v) is 4.95. The monoisotopic (exact) mass is 347 g/mol. The number of rotatable bonds is 4. The molecule has 0 aromatic heterocycles. The number of anilines is 3. The van der Waals surface area contributed by atoms with Crippen LogP contribution in [0.5, 0.6) is 0 Å². The van der Waals surface area contributed by atoms with Crippen molar-refractivity contribution in [2.24, 2.45) is 5.84 Å². The third-order valence-electron chi connectivity index (χ3n) is 2.75. The van der Waals surface area contributed by atoms with Crippen LogP contribution in [0.4, 0.5) is 22.7 Å². The van der Waals surface area contributed by atoms with Gasteiger partial charge in [-0.25, -0.2) is 0 Å². The molecule has 0 spiro atoms. The molecule has 0 radical (unpaired) electrons. The van der Waals surface area contributed by atoms with Crippen molar-refractivity contribution in [2.75, 3.05) is 10.7 Å². The minimum absolute atomic E-state index is 0.179. The molecule has 4 N–H and O–H groups in total. The van der Waals surface area contributed by atoms with E-state index < -0.39 is 4.92 Å². The maximum absolute atomic E-state index is 11.2. The van der Waals surface area contributed by atoms with E-state index in [0.717, 1.165) is 4.47 Å². The number of hydrogen-bond donors (Lipinski definition) is 3. The second-order valence-electron chi connectivity index (χ2n) is 4.03. The van der Waals surface area contributed by atoms with Crippen LogP contribution in [0, 0.1) is 21.4 Å². The third kappa shape index (κ3) is 3.10. The Morgan fingerprint density at radius 2 is 1.95 bits per heavy atom. The number of nitro benzene ring substituents is 1. The molecule has 0 bridgehead atoms. The normalized spacial score (nSPS) is 9.76. The lowest BCUT2D eigenvalue weighted by molar-refractivity contribution is -0.383. The summed E-state index contributed by atoms with van der Waals surface area (Å²) in [6.07, 6.45) is 0. The van der Waals surface area contributed by atoms with Gasteiger partial charge in [-0.2, -0.15) is 5.26 Å². The van der Waals surface area contributed by atoms with Crippen LogP contribution in [0.3, 0.4) is 0 Å². The Labute approximate surface area is 128 Å². The Bertz CT molecular complexity index is 742. The number of hydrogen-bond acceptors (Lipinski definition) is 6. The number of benzene rings is 2. The Morgan fingerprint density at radius 3 is 2.57 bits per heavy atom. The molecule has 8 heteroatoms. The van der Waals surface area contributed by atoms with Gasteiger partial charge >= 0.3 is 5.69 Å². The summed E-state index contributed by atoms with van der Waals surface area (Å²) in [6.45, 7) is 0. The lowest BCUT2D eigenvalue weighted by Gasteiger charge is -2.11. The van der Waals surface area contributed by atoms with E-state index in [1.807, 2.05) is 6.07 Å². The van der Waals surface area contributed by atoms with Crippen LogP contribution < -0.4 is 16.6 Å². The van der Waals surface area contributed by atoms with E-state index in [1.54, 1.807) is 30.3 Å². The molecule has 0 aliphatic carbocycles. The highest BCUT2D eigenvalue weighted by Crippen LogP contribution is 2.35. The Hall–Kier alpha value is -2.63. The maximum atomic E-state index is 11.2. The molecule has 0 atom stereocenters. The van der Waals surface area contributed by atoms with Gasteiger partial charge in [-0.15, -0.1) is 0 Å². The molecule has 106 valence electrons. The summed E-state index contributed by atoms with van der Waals surface area (Å²) in [6, 6.07) is 11.7. The molecule has 0 aliphatic rings. The fraction of sp³-hybridized carbons (Fsp3) is 0. The van der Waals surface area contributed by atoms with Crippen LogP contribution in [0.2, 0.25) is 0 Å². The number of nitrogens with one attached hydrogen (secondary N) is 2. The SMILES string of the molecule is N#Cc1ccc(Br)cc1Nc1cccc(NN)c1[N+](=O)[O-]. The molecule has 0 saturated carbocycles. The van der Waals surface area contributed by atoms with Gasteiger partial charge < -0.3 is 10.7 Å². The van der Waals surface area contributed by atoms with E-state index in [-0.39, 0.29) is 17.1 Å². The first-order chi connectivity index (χ1) is 10.1. The van der Waals surface area contributed by atoms with Crippen molar-refractivity contribution in [3.05, 3.63) is 56.5 Å². The number of halogens is 1.